The number of rotatable bonds is 11. The number of Topliss-reactive ketones (excluding diaryl/α,β-unsaturated/α-hetero) is 1. The van der Waals surface area contributed by atoms with E-state index < -0.39 is 65.6 Å². The number of aromatic nitrogens is 5. The van der Waals surface area contributed by atoms with E-state index in [2.05, 4.69) is 32.7 Å². The lowest BCUT2D eigenvalue weighted by atomic mass is 9.83. The van der Waals surface area contributed by atoms with Gasteiger partial charge in [-0.1, -0.05) is 19.1 Å². The van der Waals surface area contributed by atoms with Crippen molar-refractivity contribution in [2.45, 2.75) is 154 Å². The van der Waals surface area contributed by atoms with Crippen LogP contribution in [0.4, 0.5) is 8.68 Å². The first kappa shape index (κ1) is 49.3. The average Bonchev–Trinajstić information content (AvgIpc) is 3.79. The van der Waals surface area contributed by atoms with E-state index in [9.17, 15) is 23.4 Å². The number of nitrogens with zero attached hydrogens (tertiary/aromatic N) is 7. The molecule has 5 rings (SSSR count). The number of carbonyl (C=O) groups is 3. The van der Waals surface area contributed by atoms with Crippen molar-refractivity contribution < 1.29 is 47.1 Å². The Morgan fingerprint density at radius 1 is 1.10 bits per heavy atom. The van der Waals surface area contributed by atoms with Crippen LogP contribution in [0.5, 0.6) is 0 Å². The number of cyclic esters (lactones) is 1. The fraction of sp³-hybridized carbons (Fsp3) is 0.780. The van der Waals surface area contributed by atoms with Crippen LogP contribution in [0.15, 0.2) is 24.5 Å². The number of carbonyl (C=O) groups excluding carboxylic acids is 3. The highest BCUT2D eigenvalue weighted by molar-refractivity contribution is 7.93. The van der Waals surface area contributed by atoms with Crippen LogP contribution < -0.4 is 5.32 Å². The average molecular weight is 867 g/mol. The second kappa shape index (κ2) is 22.2. The van der Waals surface area contributed by atoms with Gasteiger partial charge in [0.15, 0.2) is 11.9 Å². The molecule has 12 atom stereocenters. The summed E-state index contributed by atoms with van der Waals surface area (Å²) in [6.07, 6.45) is 3.01. The van der Waals surface area contributed by atoms with Gasteiger partial charge in [-0.15, -0.1) is 10.2 Å². The minimum atomic E-state index is -1.22. The van der Waals surface area contributed by atoms with Gasteiger partial charge in [-0.25, -0.2) is 4.79 Å². The van der Waals surface area contributed by atoms with Gasteiger partial charge < -0.3 is 39.0 Å². The molecule has 2 aromatic heterocycles. The molecule has 3 aliphatic heterocycles. The van der Waals surface area contributed by atoms with Crippen LogP contribution in [0.3, 0.4) is 0 Å². The first-order valence-corrected chi connectivity index (χ1v) is 22.0. The van der Waals surface area contributed by atoms with Crippen molar-refractivity contribution in [3.63, 3.8) is 0 Å². The number of aliphatic hydroxyl groups excluding tert-OH is 1. The lowest BCUT2D eigenvalue weighted by Crippen LogP contribution is -2.61. The number of aryl methyl sites for hydroxylation is 1. The van der Waals surface area contributed by atoms with E-state index in [1.54, 1.807) is 29.0 Å². The Kier molecular flexibility index (Phi) is 18.2. The van der Waals surface area contributed by atoms with Crippen LogP contribution in [-0.4, -0.2) is 159 Å². The maximum Gasteiger partial charge on any atom is 0.410 e. The summed E-state index contributed by atoms with van der Waals surface area (Å²) in [5.74, 6) is -2.27. The highest BCUT2D eigenvalue weighted by Crippen LogP contribution is 2.39. The van der Waals surface area contributed by atoms with Gasteiger partial charge in [0.05, 0.1) is 30.0 Å². The molecule has 17 nitrogen and oxygen atoms in total. The summed E-state index contributed by atoms with van der Waals surface area (Å²) < 4.78 is 43.1. The van der Waals surface area contributed by atoms with Crippen LogP contribution in [0, 0.1) is 11.8 Å². The van der Waals surface area contributed by atoms with Crippen LogP contribution in [0.1, 0.15) is 87.0 Å². The Labute approximate surface area is 358 Å². The molecule has 2 aromatic rings. The lowest BCUT2D eigenvalue weighted by molar-refractivity contribution is -0.289. The molecule has 0 saturated carbocycles. The number of aliphatic hydroxyl groups is 1. The van der Waals surface area contributed by atoms with Crippen molar-refractivity contribution in [3.05, 3.63) is 24.5 Å². The summed E-state index contributed by atoms with van der Waals surface area (Å²) in [5.41, 5.74) is -0.978. The van der Waals surface area contributed by atoms with Gasteiger partial charge in [-0.05, 0) is 105 Å². The molecule has 3 unspecified atom stereocenters. The van der Waals surface area contributed by atoms with Crippen LogP contribution in [0.2, 0.25) is 0 Å². The van der Waals surface area contributed by atoms with Crippen molar-refractivity contribution >= 4 is 30.0 Å². The summed E-state index contributed by atoms with van der Waals surface area (Å²) in [5, 5.41) is 31.5. The van der Waals surface area contributed by atoms with Gasteiger partial charge in [0.25, 0.3) is 0 Å². The van der Waals surface area contributed by atoms with Gasteiger partial charge in [-0.2, -0.15) is 8.98 Å². The van der Waals surface area contributed by atoms with Crippen molar-refractivity contribution in [1.29, 1.82) is 0 Å². The number of hydrogen-bond acceptors (Lipinski definition) is 16. The van der Waals surface area contributed by atoms with Crippen LogP contribution >= 0.6 is 12.1 Å². The molecule has 0 radical (unpaired) electrons. The number of ether oxygens (including phenoxy) is 5. The monoisotopic (exact) mass is 866 g/mol. The zero-order chi connectivity index (χ0) is 44.4. The molecule has 338 valence electrons. The molecule has 0 aliphatic carbocycles. The molecule has 0 aromatic carbocycles. The number of likely N-dealkylation sites (N-methyl/N-ethyl adjacent to an activating group) is 1. The van der Waals surface area contributed by atoms with E-state index in [0.29, 0.717) is 63.1 Å². The molecule has 2 N–H and O–H groups in total. The first-order chi connectivity index (χ1) is 28.4. The number of fused-ring (bicyclic) bond motifs is 1. The number of unbranched alkanes of at least 4 members (excludes halogenated alkanes) is 1. The zero-order valence-electron chi connectivity index (χ0n) is 37.1. The molecule has 60 heavy (non-hydrogen) atoms. The molecule has 0 spiro atoms. The topological polar surface area (TPSA) is 193 Å². The van der Waals surface area contributed by atoms with Crippen molar-refractivity contribution in [1.82, 2.24) is 40.3 Å². The van der Waals surface area contributed by atoms with E-state index >= 15 is 0 Å². The predicted octanol–water partition coefficient (Wildman–Crippen LogP) is 4.48. The second-order valence-electron chi connectivity index (χ2n) is 17.0. The third-order valence-electron chi connectivity index (χ3n) is 12.1. The van der Waals surface area contributed by atoms with E-state index in [1.165, 1.54) is 13.2 Å². The number of methoxy groups -OCH3 is 1. The minimum Gasteiger partial charge on any atom is -0.458 e. The van der Waals surface area contributed by atoms with E-state index in [4.69, 9.17) is 23.7 Å². The fourth-order valence-corrected chi connectivity index (χ4v) is 8.67. The normalized spacial score (nSPS) is 34.5. The standard InChI is InChI=1S/C40H64N8O9.CH3FS/c1-11-32-40(7)35(48(38(52)57-40)18-13-12-17-47-23-29(44-45-47)28-15-14-16-42-43-28)27(5)41-22-24(2)21-39(6,53-10)33(20-31(49)26(4)36(51)55-32)56-37-34(50)30(46(8)9)19-25(3)54-37;1-3-2/h14-16,23-27,30,32-35,37,41,50H,11-13,17-22H2,1-10H3;1H3/t24-,25?,26-,27-,30?,32-,33-,34?,35-,37+,39+,40-;/m1./s1. The summed E-state index contributed by atoms with van der Waals surface area (Å²) in [6, 6.07) is 2.59. The van der Waals surface area contributed by atoms with Gasteiger partial charge in [0, 0.05) is 63.3 Å². The molecule has 1 amide bonds. The minimum absolute atomic E-state index is 0.00109. The summed E-state index contributed by atoms with van der Waals surface area (Å²) in [4.78, 5) is 45.3. The molecule has 3 fully saturated rings. The lowest BCUT2D eigenvalue weighted by Gasteiger charge is -2.45. The molecular formula is C41H67FN8O9S. The first-order valence-electron chi connectivity index (χ1n) is 20.9. The van der Waals surface area contributed by atoms with Gasteiger partial charge in [0.2, 0.25) is 0 Å². The number of esters is 1. The molecule has 0 bridgehead atoms. The Hall–Kier alpha value is -3.33. The molecule has 5 heterocycles. The van der Waals surface area contributed by atoms with Gasteiger partial charge in [-0.3, -0.25) is 19.2 Å². The third-order valence-corrected chi connectivity index (χ3v) is 12.1. The number of amides is 1. The summed E-state index contributed by atoms with van der Waals surface area (Å²) in [6.45, 7) is 14.6. The predicted molar refractivity (Wildman–Crippen MR) is 223 cm³/mol. The molecular weight excluding hydrogens is 800 g/mol. The van der Waals surface area contributed by atoms with E-state index in [-0.39, 0.29) is 42.7 Å². The van der Waals surface area contributed by atoms with E-state index in [0.717, 1.165) is 0 Å². The maximum absolute atomic E-state index is 14.0. The largest absolute Gasteiger partial charge is 0.458 e. The Balaban J connectivity index is 0.00000257. The van der Waals surface area contributed by atoms with Gasteiger partial charge in [0.1, 0.15) is 35.3 Å². The Morgan fingerprint density at radius 2 is 1.80 bits per heavy atom. The van der Waals surface area contributed by atoms with Crippen LogP contribution in [0.25, 0.3) is 11.4 Å². The number of halogens is 1. The highest BCUT2D eigenvalue weighted by Gasteiger charge is 2.58. The molecule has 19 heteroatoms. The third kappa shape index (κ3) is 12.0. The quantitative estimate of drug-likeness (QED) is 0.182. The maximum atomic E-state index is 14.0. The zero-order valence-corrected chi connectivity index (χ0v) is 37.9. The summed E-state index contributed by atoms with van der Waals surface area (Å²) in [7, 11) is 5.38. The molecule has 3 aliphatic rings. The summed E-state index contributed by atoms with van der Waals surface area (Å²) >= 11 is 0.250. The number of hydrogen-bond donors (Lipinski definition) is 2. The SMILES string of the molecule is CC[C@H]1OC(=O)[C@H](C)C(=O)C[C@@H](O[C@@H]2OC(C)CC(N(C)C)C2O)[C@@](C)(OC)C[C@@H](C)CN[C@H](C)[C@H]2N(CCCCn3cc(-c4cccnn4)nn3)C(=O)O[C@]12C.CSF. The van der Waals surface area contributed by atoms with E-state index in [1.807, 2.05) is 65.9 Å². The fourth-order valence-electron chi connectivity index (χ4n) is 8.67. The number of ketones is 1. The Bertz CT molecular complexity index is 1680. The van der Waals surface area contributed by atoms with Crippen molar-refractivity contribution in [2.24, 2.45) is 11.8 Å². The highest BCUT2D eigenvalue weighted by atomic mass is 32.2. The van der Waals surface area contributed by atoms with Crippen molar-refractivity contribution in [3.8, 4) is 11.4 Å². The smallest absolute Gasteiger partial charge is 0.410 e. The number of nitrogens with one attached hydrogen (secondary N) is 1. The Morgan fingerprint density at radius 3 is 2.43 bits per heavy atom. The second-order valence-corrected chi connectivity index (χ2v) is 17.3. The molecule has 3 saturated heterocycles. The van der Waals surface area contributed by atoms with Crippen molar-refractivity contribution in [2.75, 3.05) is 40.6 Å². The van der Waals surface area contributed by atoms with Crippen LogP contribution in [-0.2, 0) is 39.8 Å². The van der Waals surface area contributed by atoms with Gasteiger partial charge >= 0.3 is 12.1 Å².